The largest absolute Gasteiger partial charge is 0.312 e. The van der Waals surface area contributed by atoms with Crippen LogP contribution in [0.2, 0.25) is 5.02 Å². The summed E-state index contributed by atoms with van der Waals surface area (Å²) in [6.45, 7) is 6.84. The Hall–Kier alpha value is -2.33. The maximum Gasteiger partial charge on any atom is 0.232 e. The normalized spacial score (nSPS) is 16.8. The number of carbonyl (C=O) groups is 2. The van der Waals surface area contributed by atoms with E-state index < -0.39 is 0 Å². The van der Waals surface area contributed by atoms with Gasteiger partial charge in [-0.15, -0.1) is 0 Å². The van der Waals surface area contributed by atoms with E-state index in [2.05, 4.69) is 0 Å². The fourth-order valence-electron chi connectivity index (χ4n) is 3.35. The summed E-state index contributed by atoms with van der Waals surface area (Å²) in [5.74, 6) is -0.390. The predicted molar refractivity (Wildman–Crippen MR) is 106 cm³/mol. The molecule has 1 aliphatic rings. The maximum atomic E-state index is 13.1. The second-order valence-electron chi connectivity index (χ2n) is 6.76. The van der Waals surface area contributed by atoms with E-state index in [9.17, 15) is 9.59 Å². The van der Waals surface area contributed by atoms with Crippen molar-refractivity contribution >= 4 is 34.8 Å². The van der Waals surface area contributed by atoms with Crippen LogP contribution in [0.4, 0.5) is 11.4 Å². The number of rotatable bonds is 4. The number of amides is 2. The molecule has 1 saturated heterocycles. The van der Waals surface area contributed by atoms with Gasteiger partial charge in [-0.25, -0.2) is 0 Å². The third-order valence-electron chi connectivity index (χ3n) is 4.84. The molecule has 2 aromatic rings. The topological polar surface area (TPSA) is 40.6 Å². The minimum absolute atomic E-state index is 0.00726. The smallest absolute Gasteiger partial charge is 0.232 e. The van der Waals surface area contributed by atoms with Crippen LogP contribution in [-0.2, 0) is 9.59 Å². The SMILES string of the molecule is CCN(C(=O)C1CC(=O)N(c2ccc(C)c(Cl)c2)C1)c1cccc(C)c1. The van der Waals surface area contributed by atoms with E-state index in [-0.39, 0.29) is 24.2 Å². The van der Waals surface area contributed by atoms with Crippen molar-refractivity contribution in [2.75, 3.05) is 22.9 Å². The van der Waals surface area contributed by atoms with Gasteiger partial charge in [0.25, 0.3) is 0 Å². The summed E-state index contributed by atoms with van der Waals surface area (Å²) in [6, 6.07) is 13.4. The Morgan fingerprint density at radius 3 is 2.65 bits per heavy atom. The van der Waals surface area contributed by atoms with Crippen molar-refractivity contribution in [1.82, 2.24) is 0 Å². The molecule has 4 nitrogen and oxygen atoms in total. The maximum absolute atomic E-state index is 13.1. The van der Waals surface area contributed by atoms with Gasteiger partial charge in [-0.3, -0.25) is 9.59 Å². The van der Waals surface area contributed by atoms with E-state index in [0.29, 0.717) is 18.1 Å². The average Bonchev–Trinajstić information content (AvgIpc) is 3.00. The first kappa shape index (κ1) is 18.5. The van der Waals surface area contributed by atoms with Crippen molar-refractivity contribution in [1.29, 1.82) is 0 Å². The lowest BCUT2D eigenvalue weighted by atomic mass is 10.1. The van der Waals surface area contributed by atoms with Crippen molar-refractivity contribution in [3.05, 3.63) is 58.6 Å². The van der Waals surface area contributed by atoms with Crippen LogP contribution in [0.25, 0.3) is 0 Å². The second kappa shape index (κ2) is 7.50. The molecule has 1 unspecified atom stereocenters. The second-order valence-corrected chi connectivity index (χ2v) is 7.17. The number of nitrogens with zero attached hydrogens (tertiary/aromatic N) is 2. The summed E-state index contributed by atoms with van der Waals surface area (Å²) in [5.41, 5.74) is 3.69. The highest BCUT2D eigenvalue weighted by molar-refractivity contribution is 6.31. The number of carbonyl (C=O) groups excluding carboxylic acids is 2. The Bertz CT molecular complexity index is 850. The van der Waals surface area contributed by atoms with Gasteiger partial charge in [-0.05, 0) is 56.2 Å². The quantitative estimate of drug-likeness (QED) is 0.802. The molecule has 1 heterocycles. The highest BCUT2D eigenvalue weighted by Gasteiger charge is 2.37. The molecule has 1 atom stereocenters. The molecule has 2 amide bonds. The number of hydrogen-bond donors (Lipinski definition) is 0. The van der Waals surface area contributed by atoms with Crippen LogP contribution in [0.3, 0.4) is 0 Å². The lowest BCUT2D eigenvalue weighted by Gasteiger charge is -2.25. The summed E-state index contributed by atoms with van der Waals surface area (Å²) in [4.78, 5) is 29.0. The molecule has 2 aromatic carbocycles. The number of halogens is 1. The van der Waals surface area contributed by atoms with Gasteiger partial charge in [0.1, 0.15) is 0 Å². The van der Waals surface area contributed by atoms with Gasteiger partial charge in [0.05, 0.1) is 5.92 Å². The van der Waals surface area contributed by atoms with Crippen LogP contribution in [-0.4, -0.2) is 24.9 Å². The van der Waals surface area contributed by atoms with E-state index in [0.717, 1.165) is 22.5 Å². The molecule has 5 heteroatoms. The molecule has 26 heavy (non-hydrogen) atoms. The fraction of sp³-hybridized carbons (Fsp3) is 0.333. The fourth-order valence-corrected chi connectivity index (χ4v) is 3.53. The zero-order chi connectivity index (χ0) is 18.8. The molecule has 0 N–H and O–H groups in total. The van der Waals surface area contributed by atoms with Crippen LogP contribution in [0.5, 0.6) is 0 Å². The highest BCUT2D eigenvalue weighted by Crippen LogP contribution is 2.30. The predicted octanol–water partition coefficient (Wildman–Crippen LogP) is 4.36. The van der Waals surface area contributed by atoms with E-state index in [4.69, 9.17) is 11.6 Å². The molecular formula is C21H23ClN2O2. The third kappa shape index (κ3) is 3.61. The van der Waals surface area contributed by atoms with Crippen molar-refractivity contribution in [2.45, 2.75) is 27.2 Å². The van der Waals surface area contributed by atoms with E-state index in [1.807, 2.05) is 57.2 Å². The Balaban J connectivity index is 1.80. The van der Waals surface area contributed by atoms with Crippen molar-refractivity contribution in [3.8, 4) is 0 Å². The number of benzene rings is 2. The van der Waals surface area contributed by atoms with Gasteiger partial charge in [0.15, 0.2) is 0 Å². The minimum Gasteiger partial charge on any atom is -0.312 e. The Labute approximate surface area is 159 Å². The monoisotopic (exact) mass is 370 g/mol. The summed E-state index contributed by atoms with van der Waals surface area (Å²) in [6.07, 6.45) is 0.229. The molecule has 136 valence electrons. The zero-order valence-corrected chi connectivity index (χ0v) is 16.1. The van der Waals surface area contributed by atoms with E-state index in [1.54, 1.807) is 15.9 Å². The van der Waals surface area contributed by atoms with Crippen LogP contribution >= 0.6 is 11.6 Å². The molecule has 0 saturated carbocycles. The Kier molecular flexibility index (Phi) is 5.33. The number of anilines is 2. The minimum atomic E-state index is -0.344. The first-order valence-corrected chi connectivity index (χ1v) is 9.23. The molecule has 1 aliphatic heterocycles. The van der Waals surface area contributed by atoms with Gasteiger partial charge in [-0.2, -0.15) is 0 Å². The van der Waals surface area contributed by atoms with Crippen molar-refractivity contribution < 1.29 is 9.59 Å². The van der Waals surface area contributed by atoms with Crippen LogP contribution in [0, 0.1) is 19.8 Å². The first-order valence-electron chi connectivity index (χ1n) is 8.85. The molecule has 0 spiro atoms. The lowest BCUT2D eigenvalue weighted by molar-refractivity contribution is -0.124. The zero-order valence-electron chi connectivity index (χ0n) is 15.3. The summed E-state index contributed by atoms with van der Waals surface area (Å²) < 4.78 is 0. The summed E-state index contributed by atoms with van der Waals surface area (Å²) in [5, 5.41) is 0.625. The van der Waals surface area contributed by atoms with Gasteiger partial charge < -0.3 is 9.80 Å². The Morgan fingerprint density at radius 1 is 1.23 bits per heavy atom. The molecule has 0 bridgehead atoms. The summed E-state index contributed by atoms with van der Waals surface area (Å²) in [7, 11) is 0. The molecule has 0 aliphatic carbocycles. The standard InChI is InChI=1S/C21H23ClN2O2/c1-4-23(17-7-5-6-14(2)10-17)21(26)16-11-20(25)24(13-16)18-9-8-15(3)19(22)12-18/h5-10,12,16H,4,11,13H2,1-3H3. The van der Waals surface area contributed by atoms with E-state index in [1.165, 1.54) is 0 Å². The summed E-state index contributed by atoms with van der Waals surface area (Å²) >= 11 is 6.19. The lowest BCUT2D eigenvalue weighted by Crippen LogP contribution is -2.37. The first-order chi connectivity index (χ1) is 12.4. The van der Waals surface area contributed by atoms with E-state index >= 15 is 0 Å². The number of aryl methyl sites for hydroxylation is 2. The molecule has 1 fully saturated rings. The van der Waals surface area contributed by atoms with Gasteiger partial charge in [0, 0.05) is 35.9 Å². The Morgan fingerprint density at radius 2 is 2.00 bits per heavy atom. The van der Waals surface area contributed by atoms with Gasteiger partial charge in [-0.1, -0.05) is 29.8 Å². The van der Waals surface area contributed by atoms with Gasteiger partial charge >= 0.3 is 0 Å². The molecular weight excluding hydrogens is 348 g/mol. The highest BCUT2D eigenvalue weighted by atomic mass is 35.5. The van der Waals surface area contributed by atoms with Crippen LogP contribution < -0.4 is 9.80 Å². The number of hydrogen-bond acceptors (Lipinski definition) is 2. The van der Waals surface area contributed by atoms with Crippen molar-refractivity contribution in [2.24, 2.45) is 5.92 Å². The average molecular weight is 371 g/mol. The van der Waals surface area contributed by atoms with Crippen LogP contribution in [0.15, 0.2) is 42.5 Å². The molecule has 0 aromatic heterocycles. The van der Waals surface area contributed by atoms with Gasteiger partial charge in [0.2, 0.25) is 11.8 Å². The third-order valence-corrected chi connectivity index (χ3v) is 5.24. The van der Waals surface area contributed by atoms with Crippen LogP contribution in [0.1, 0.15) is 24.5 Å². The molecule has 0 radical (unpaired) electrons. The molecule has 3 rings (SSSR count). The van der Waals surface area contributed by atoms with Crippen molar-refractivity contribution in [3.63, 3.8) is 0 Å².